The van der Waals surface area contributed by atoms with Gasteiger partial charge < -0.3 is 14.6 Å². The molecule has 6 heteroatoms. The number of hydrogen-bond donors (Lipinski definition) is 1. The minimum atomic E-state index is -0.0517. The van der Waals surface area contributed by atoms with Gasteiger partial charge >= 0.3 is 0 Å². The third-order valence-corrected chi connectivity index (χ3v) is 5.87. The van der Waals surface area contributed by atoms with Gasteiger partial charge in [0.15, 0.2) is 5.76 Å². The van der Waals surface area contributed by atoms with Crippen LogP contribution < -0.4 is 5.32 Å². The summed E-state index contributed by atoms with van der Waals surface area (Å²) in [4.78, 5) is 14.0. The lowest BCUT2D eigenvalue weighted by Crippen LogP contribution is -2.59. The van der Waals surface area contributed by atoms with Crippen LogP contribution in [0.1, 0.15) is 37.3 Å². The minimum Gasteiger partial charge on any atom is -0.375 e. The minimum absolute atomic E-state index is 0.0343. The highest BCUT2D eigenvalue weighted by atomic mass is 16.5. The number of ether oxygens (including phenoxy) is 1. The number of hydrogen-bond acceptors (Lipinski definition) is 5. The number of carbonyl (C=O) groups is 1. The first-order valence-corrected chi connectivity index (χ1v) is 9.83. The van der Waals surface area contributed by atoms with Crippen LogP contribution in [-0.2, 0) is 29.0 Å². The van der Waals surface area contributed by atoms with Gasteiger partial charge in [-0.1, -0.05) is 49.3 Å². The lowest BCUT2D eigenvalue weighted by atomic mass is 9.57. The molecule has 28 heavy (non-hydrogen) atoms. The molecule has 0 aliphatic heterocycles. The fraction of sp³-hybridized carbons (Fsp3) is 0.545. The normalized spacial score (nSPS) is 20.8. The van der Waals surface area contributed by atoms with Gasteiger partial charge in [-0.3, -0.25) is 9.69 Å². The third-order valence-electron chi connectivity index (χ3n) is 5.87. The van der Waals surface area contributed by atoms with Crippen LogP contribution in [-0.4, -0.2) is 42.8 Å². The highest BCUT2D eigenvalue weighted by molar-refractivity contribution is 5.77. The van der Waals surface area contributed by atoms with Crippen LogP contribution >= 0.6 is 0 Å². The molecule has 0 unspecified atom stereocenters. The highest BCUT2D eigenvalue weighted by Gasteiger charge is 2.48. The predicted molar refractivity (Wildman–Crippen MR) is 108 cm³/mol. The first-order chi connectivity index (χ1) is 13.4. The fourth-order valence-corrected chi connectivity index (χ4v) is 3.97. The maximum Gasteiger partial charge on any atom is 0.246 e. The summed E-state index contributed by atoms with van der Waals surface area (Å²) in [7, 11) is 3.62. The second-order valence-electron chi connectivity index (χ2n) is 8.45. The van der Waals surface area contributed by atoms with E-state index in [0.717, 1.165) is 37.4 Å². The lowest BCUT2D eigenvalue weighted by Gasteiger charge is -2.52. The molecule has 0 radical (unpaired) electrons. The smallest absolute Gasteiger partial charge is 0.246 e. The summed E-state index contributed by atoms with van der Waals surface area (Å²) in [5.74, 6) is 1.31. The van der Waals surface area contributed by atoms with Crippen LogP contribution in [0.5, 0.6) is 0 Å². The average Bonchev–Trinajstić information content (AvgIpc) is 3.08. The van der Waals surface area contributed by atoms with E-state index in [2.05, 4.69) is 66.6 Å². The van der Waals surface area contributed by atoms with Crippen LogP contribution in [0.4, 0.5) is 0 Å². The molecule has 1 heterocycles. The van der Waals surface area contributed by atoms with Gasteiger partial charge in [-0.05, 0) is 36.8 Å². The molecule has 3 rings (SSSR count). The summed E-state index contributed by atoms with van der Waals surface area (Å²) in [6.07, 6.45) is 1.83. The van der Waals surface area contributed by atoms with Crippen molar-refractivity contribution in [1.82, 2.24) is 15.4 Å². The molecule has 0 spiro atoms. The van der Waals surface area contributed by atoms with Gasteiger partial charge in [-0.2, -0.15) is 0 Å². The van der Waals surface area contributed by atoms with E-state index in [1.54, 1.807) is 0 Å². The number of amides is 1. The highest BCUT2D eigenvalue weighted by Crippen LogP contribution is 2.47. The molecule has 1 aliphatic carbocycles. The molecular formula is C22H31N3O3. The molecule has 0 saturated heterocycles. The molecule has 1 N–H and O–H groups in total. The van der Waals surface area contributed by atoms with Gasteiger partial charge in [0, 0.05) is 25.8 Å². The summed E-state index contributed by atoms with van der Waals surface area (Å²) in [5.41, 5.74) is 2.30. The molecular weight excluding hydrogens is 354 g/mol. The zero-order valence-electron chi connectivity index (χ0n) is 17.3. The van der Waals surface area contributed by atoms with Crippen molar-refractivity contribution in [3.05, 3.63) is 53.4 Å². The number of aromatic nitrogens is 1. The van der Waals surface area contributed by atoms with E-state index in [9.17, 15) is 4.79 Å². The number of carbonyl (C=O) groups excluding carboxylic acids is 1. The second-order valence-corrected chi connectivity index (χ2v) is 8.45. The number of benzene rings is 1. The van der Waals surface area contributed by atoms with Crippen LogP contribution in [0.2, 0.25) is 0 Å². The first kappa shape index (κ1) is 20.6. The molecule has 1 saturated carbocycles. The van der Waals surface area contributed by atoms with Crippen molar-refractivity contribution in [2.24, 2.45) is 11.3 Å². The Morgan fingerprint density at radius 2 is 2.07 bits per heavy atom. The van der Waals surface area contributed by atoms with Crippen molar-refractivity contribution in [2.45, 2.75) is 45.8 Å². The fourth-order valence-electron chi connectivity index (χ4n) is 3.97. The van der Waals surface area contributed by atoms with Gasteiger partial charge in [0.1, 0.15) is 6.61 Å². The molecule has 6 nitrogen and oxygen atoms in total. The number of nitrogens with one attached hydrogen (secondary N) is 1. The van der Waals surface area contributed by atoms with E-state index in [1.807, 2.05) is 6.07 Å². The topological polar surface area (TPSA) is 67.6 Å². The second kappa shape index (κ2) is 8.88. The molecule has 2 aromatic rings. The zero-order valence-corrected chi connectivity index (χ0v) is 17.3. The van der Waals surface area contributed by atoms with Crippen molar-refractivity contribution in [2.75, 3.05) is 20.8 Å². The van der Waals surface area contributed by atoms with Crippen molar-refractivity contribution >= 4 is 5.91 Å². The van der Waals surface area contributed by atoms with E-state index in [1.165, 1.54) is 12.7 Å². The molecule has 1 aromatic heterocycles. The molecule has 152 valence electrons. The van der Waals surface area contributed by atoms with E-state index in [0.29, 0.717) is 5.92 Å². The maximum atomic E-state index is 11.8. The predicted octanol–water partition coefficient (Wildman–Crippen LogP) is 3.03. The summed E-state index contributed by atoms with van der Waals surface area (Å²) >= 11 is 0. The van der Waals surface area contributed by atoms with E-state index >= 15 is 0 Å². The Balaban J connectivity index is 1.49. The SMILES string of the molecule is COCC(=O)N[C@H]1C[C@@H](Cc2cc(CN(C)Cc3ccccc3)on2)C1(C)C. The number of nitrogens with zero attached hydrogens (tertiary/aromatic N) is 2. The summed E-state index contributed by atoms with van der Waals surface area (Å²) in [6.45, 7) is 6.11. The third kappa shape index (κ3) is 5.00. The van der Waals surface area contributed by atoms with Gasteiger partial charge in [-0.25, -0.2) is 0 Å². The Kier molecular flexibility index (Phi) is 6.52. The average molecular weight is 386 g/mol. The van der Waals surface area contributed by atoms with Gasteiger partial charge in [0.25, 0.3) is 0 Å². The van der Waals surface area contributed by atoms with Crippen LogP contribution in [0, 0.1) is 11.3 Å². The summed E-state index contributed by atoms with van der Waals surface area (Å²) in [5, 5.41) is 7.33. The van der Waals surface area contributed by atoms with Gasteiger partial charge in [-0.15, -0.1) is 0 Å². The Morgan fingerprint density at radius 3 is 2.75 bits per heavy atom. The Morgan fingerprint density at radius 1 is 1.32 bits per heavy atom. The molecule has 2 atom stereocenters. The molecule has 1 aromatic carbocycles. The van der Waals surface area contributed by atoms with Crippen LogP contribution in [0.3, 0.4) is 0 Å². The van der Waals surface area contributed by atoms with Crippen molar-refractivity contribution in [1.29, 1.82) is 0 Å². The largest absolute Gasteiger partial charge is 0.375 e. The summed E-state index contributed by atoms with van der Waals surface area (Å²) < 4.78 is 10.5. The lowest BCUT2D eigenvalue weighted by molar-refractivity contribution is -0.129. The van der Waals surface area contributed by atoms with Crippen LogP contribution in [0.25, 0.3) is 0 Å². The first-order valence-electron chi connectivity index (χ1n) is 9.83. The molecule has 0 bridgehead atoms. The van der Waals surface area contributed by atoms with Crippen molar-refractivity contribution in [3.8, 4) is 0 Å². The van der Waals surface area contributed by atoms with E-state index in [-0.39, 0.29) is 24.0 Å². The van der Waals surface area contributed by atoms with E-state index in [4.69, 9.17) is 9.26 Å². The molecule has 1 fully saturated rings. The Labute approximate surface area is 167 Å². The standard InChI is InChI=1S/C22H31N3O3/c1-22(2)17(11-20(22)23-21(26)15-27-4)10-18-12-19(28-24-18)14-25(3)13-16-8-6-5-7-9-16/h5-9,12,17,20H,10-11,13-15H2,1-4H3,(H,23,26)/t17-,20+/m1/s1. The van der Waals surface area contributed by atoms with E-state index < -0.39 is 0 Å². The summed E-state index contributed by atoms with van der Waals surface area (Å²) in [6, 6.07) is 12.6. The maximum absolute atomic E-state index is 11.8. The molecule has 1 aliphatic rings. The van der Waals surface area contributed by atoms with Gasteiger partial charge in [0.05, 0.1) is 12.2 Å². The van der Waals surface area contributed by atoms with Crippen molar-refractivity contribution < 1.29 is 14.1 Å². The number of rotatable bonds is 9. The quantitative estimate of drug-likeness (QED) is 0.719. The van der Waals surface area contributed by atoms with Gasteiger partial charge in [0.2, 0.25) is 5.91 Å². The zero-order chi connectivity index (χ0) is 20.1. The Bertz CT molecular complexity index is 772. The molecule has 1 amide bonds. The van der Waals surface area contributed by atoms with Crippen molar-refractivity contribution in [3.63, 3.8) is 0 Å². The number of methoxy groups -OCH3 is 1. The van der Waals surface area contributed by atoms with Crippen LogP contribution in [0.15, 0.2) is 40.9 Å². The monoisotopic (exact) mass is 385 g/mol. The Hall–Kier alpha value is -2.18.